The Bertz CT molecular complexity index is 424. The van der Waals surface area contributed by atoms with Crippen molar-refractivity contribution in [3.63, 3.8) is 0 Å². The van der Waals surface area contributed by atoms with Crippen LogP contribution in [0.2, 0.25) is 0 Å². The number of nitrogens with two attached hydrogens (primary N) is 1. The fraction of sp³-hybridized carbons (Fsp3) is 0.667. The average Bonchev–Trinajstić information content (AvgIpc) is 2.78. The van der Waals surface area contributed by atoms with Gasteiger partial charge in [0, 0.05) is 0 Å². The molecule has 0 bridgehead atoms. The molecule has 2 aliphatic carbocycles. The van der Waals surface area contributed by atoms with Crippen LogP contribution >= 0.6 is 0 Å². The third kappa shape index (κ3) is 3.02. The van der Waals surface area contributed by atoms with E-state index in [-0.39, 0.29) is 0 Å². The summed E-state index contributed by atoms with van der Waals surface area (Å²) in [6.07, 6.45) is 12.2. The zero-order valence-corrected chi connectivity index (χ0v) is 12.0. The number of hydrogen-bond donors (Lipinski definition) is 1. The van der Waals surface area contributed by atoms with Crippen molar-refractivity contribution >= 4 is 0 Å². The van der Waals surface area contributed by atoms with Gasteiger partial charge in [0.05, 0.1) is 0 Å². The lowest BCUT2D eigenvalue weighted by molar-refractivity contribution is 0.318. The summed E-state index contributed by atoms with van der Waals surface area (Å²) in [6.45, 7) is 0.885. The van der Waals surface area contributed by atoms with Gasteiger partial charge < -0.3 is 5.73 Å². The lowest BCUT2D eigenvalue weighted by Gasteiger charge is -2.24. The molecule has 2 aliphatic rings. The Kier molecular flexibility index (Phi) is 4.22. The molecule has 1 aromatic carbocycles. The van der Waals surface area contributed by atoms with E-state index in [9.17, 15) is 0 Å². The standard InChI is InChI=1S/C18H27N/c19-13-18-6-3-1-2-5-17(18)12-14-9-10-15-7-4-8-16(15)11-14/h9-11,17-18H,1-8,12-13,19H2. The van der Waals surface area contributed by atoms with Gasteiger partial charge in [-0.2, -0.15) is 0 Å². The maximum atomic E-state index is 6.01. The van der Waals surface area contributed by atoms with Crippen molar-refractivity contribution in [2.24, 2.45) is 17.6 Å². The van der Waals surface area contributed by atoms with Gasteiger partial charge in [0.1, 0.15) is 0 Å². The van der Waals surface area contributed by atoms with Gasteiger partial charge in [-0.15, -0.1) is 0 Å². The molecule has 0 spiro atoms. The van der Waals surface area contributed by atoms with Crippen molar-refractivity contribution in [2.75, 3.05) is 6.54 Å². The number of aryl methyl sites for hydroxylation is 2. The van der Waals surface area contributed by atoms with E-state index in [1.54, 1.807) is 16.7 Å². The molecule has 0 heterocycles. The highest BCUT2D eigenvalue weighted by molar-refractivity contribution is 5.35. The first-order valence-corrected chi connectivity index (χ1v) is 8.17. The van der Waals surface area contributed by atoms with Crippen LogP contribution in [0.3, 0.4) is 0 Å². The molecule has 2 N–H and O–H groups in total. The summed E-state index contributed by atoms with van der Waals surface area (Å²) in [5, 5.41) is 0. The molecule has 104 valence electrons. The van der Waals surface area contributed by atoms with Crippen molar-refractivity contribution in [1.82, 2.24) is 0 Å². The largest absolute Gasteiger partial charge is 0.330 e. The Hall–Kier alpha value is -0.820. The topological polar surface area (TPSA) is 26.0 Å². The number of benzene rings is 1. The first-order valence-electron chi connectivity index (χ1n) is 8.17. The fourth-order valence-electron chi connectivity index (χ4n) is 4.10. The highest BCUT2D eigenvalue weighted by Gasteiger charge is 2.23. The summed E-state index contributed by atoms with van der Waals surface area (Å²) < 4.78 is 0. The molecule has 1 saturated carbocycles. The average molecular weight is 257 g/mol. The molecular weight excluding hydrogens is 230 g/mol. The van der Waals surface area contributed by atoms with Crippen LogP contribution in [0.15, 0.2) is 18.2 Å². The highest BCUT2D eigenvalue weighted by Crippen LogP contribution is 2.32. The minimum absolute atomic E-state index is 0.760. The van der Waals surface area contributed by atoms with Crippen LogP contribution in [0, 0.1) is 11.8 Å². The van der Waals surface area contributed by atoms with Crippen molar-refractivity contribution in [2.45, 2.75) is 57.8 Å². The molecule has 1 fully saturated rings. The molecule has 0 aromatic heterocycles. The summed E-state index contributed by atoms with van der Waals surface area (Å²) >= 11 is 0. The Balaban J connectivity index is 1.72. The first kappa shape index (κ1) is 13.2. The zero-order valence-electron chi connectivity index (χ0n) is 12.0. The maximum Gasteiger partial charge on any atom is -0.00461 e. The monoisotopic (exact) mass is 257 g/mol. The van der Waals surface area contributed by atoms with E-state index in [2.05, 4.69) is 18.2 Å². The second-order valence-electron chi connectivity index (χ2n) is 6.55. The van der Waals surface area contributed by atoms with E-state index in [4.69, 9.17) is 5.73 Å². The number of hydrogen-bond acceptors (Lipinski definition) is 1. The van der Waals surface area contributed by atoms with Gasteiger partial charge in [-0.3, -0.25) is 0 Å². The summed E-state index contributed by atoms with van der Waals surface area (Å²) in [5.74, 6) is 1.59. The molecule has 1 aromatic rings. The molecule has 2 atom stereocenters. The summed E-state index contributed by atoms with van der Waals surface area (Å²) in [7, 11) is 0. The van der Waals surface area contributed by atoms with Crippen molar-refractivity contribution in [3.05, 3.63) is 34.9 Å². The molecular formula is C18H27N. The van der Waals surface area contributed by atoms with E-state index in [1.165, 1.54) is 57.8 Å². The van der Waals surface area contributed by atoms with Crippen molar-refractivity contribution in [1.29, 1.82) is 0 Å². The van der Waals surface area contributed by atoms with Gasteiger partial charge in [-0.1, -0.05) is 37.5 Å². The Morgan fingerprint density at radius 3 is 2.53 bits per heavy atom. The smallest absolute Gasteiger partial charge is 0.00461 e. The lowest BCUT2D eigenvalue weighted by atomic mass is 9.83. The molecule has 1 heteroatoms. The van der Waals surface area contributed by atoms with E-state index < -0.39 is 0 Å². The Morgan fingerprint density at radius 2 is 1.68 bits per heavy atom. The molecule has 2 unspecified atom stereocenters. The van der Waals surface area contributed by atoms with Gasteiger partial charge in [-0.05, 0) is 73.6 Å². The molecule has 3 rings (SSSR count). The molecule has 1 nitrogen and oxygen atoms in total. The van der Waals surface area contributed by atoms with Crippen LogP contribution in [0.4, 0.5) is 0 Å². The van der Waals surface area contributed by atoms with Gasteiger partial charge in [0.15, 0.2) is 0 Å². The predicted molar refractivity (Wildman–Crippen MR) is 81.3 cm³/mol. The van der Waals surface area contributed by atoms with Crippen LogP contribution in [-0.4, -0.2) is 6.54 Å². The number of rotatable bonds is 3. The summed E-state index contributed by atoms with van der Waals surface area (Å²) in [5.41, 5.74) is 10.8. The molecule has 0 saturated heterocycles. The van der Waals surface area contributed by atoms with Crippen molar-refractivity contribution in [3.8, 4) is 0 Å². The summed E-state index contributed by atoms with van der Waals surface area (Å²) in [6, 6.07) is 7.25. The van der Waals surface area contributed by atoms with E-state index in [0.29, 0.717) is 0 Å². The van der Waals surface area contributed by atoms with Gasteiger partial charge >= 0.3 is 0 Å². The fourth-order valence-corrected chi connectivity index (χ4v) is 4.10. The van der Waals surface area contributed by atoms with Crippen LogP contribution in [-0.2, 0) is 19.3 Å². The Labute approximate surface area is 117 Å². The zero-order chi connectivity index (χ0) is 13.1. The third-order valence-corrected chi connectivity index (χ3v) is 5.28. The SMILES string of the molecule is NCC1CCCCCC1Cc1ccc2c(c1)CCC2. The van der Waals surface area contributed by atoms with E-state index in [0.717, 1.165) is 18.4 Å². The second kappa shape index (κ2) is 6.09. The van der Waals surface area contributed by atoms with Gasteiger partial charge in [-0.25, -0.2) is 0 Å². The van der Waals surface area contributed by atoms with Crippen LogP contribution in [0.5, 0.6) is 0 Å². The van der Waals surface area contributed by atoms with Crippen molar-refractivity contribution < 1.29 is 0 Å². The van der Waals surface area contributed by atoms with Crippen LogP contribution < -0.4 is 5.73 Å². The highest BCUT2D eigenvalue weighted by atomic mass is 14.6. The lowest BCUT2D eigenvalue weighted by Crippen LogP contribution is -2.24. The van der Waals surface area contributed by atoms with E-state index >= 15 is 0 Å². The maximum absolute atomic E-state index is 6.01. The minimum Gasteiger partial charge on any atom is -0.330 e. The predicted octanol–water partition coefficient (Wildman–Crippen LogP) is 3.87. The third-order valence-electron chi connectivity index (χ3n) is 5.28. The number of fused-ring (bicyclic) bond motifs is 1. The molecule has 0 aliphatic heterocycles. The van der Waals surface area contributed by atoms with Gasteiger partial charge in [0.2, 0.25) is 0 Å². The summed E-state index contributed by atoms with van der Waals surface area (Å²) in [4.78, 5) is 0. The molecule has 0 radical (unpaired) electrons. The van der Waals surface area contributed by atoms with Gasteiger partial charge in [0.25, 0.3) is 0 Å². The quantitative estimate of drug-likeness (QED) is 0.817. The molecule has 19 heavy (non-hydrogen) atoms. The first-order chi connectivity index (χ1) is 9.36. The van der Waals surface area contributed by atoms with Crippen LogP contribution in [0.1, 0.15) is 55.2 Å². The van der Waals surface area contributed by atoms with E-state index in [1.807, 2.05) is 0 Å². The molecule has 0 amide bonds. The van der Waals surface area contributed by atoms with Crippen LogP contribution in [0.25, 0.3) is 0 Å². The second-order valence-corrected chi connectivity index (χ2v) is 6.55. The minimum atomic E-state index is 0.760. The Morgan fingerprint density at radius 1 is 0.895 bits per heavy atom. The normalized spacial score (nSPS) is 27.0.